The first-order valence-electron chi connectivity index (χ1n) is 4.44. The maximum Gasteiger partial charge on any atom is 0.243 e. The van der Waals surface area contributed by atoms with E-state index in [1.807, 2.05) is 0 Å². The van der Waals surface area contributed by atoms with E-state index >= 15 is 0 Å². The molecule has 2 fully saturated rings. The quantitative estimate of drug-likeness (QED) is 0.568. The zero-order chi connectivity index (χ0) is 8.55. The number of hydrogen-bond donors (Lipinski definition) is 2. The predicted molar refractivity (Wildman–Crippen MR) is 46.5 cm³/mol. The highest BCUT2D eigenvalue weighted by Crippen LogP contribution is 2.47. The topological polar surface area (TPSA) is 41.1 Å². The fourth-order valence-corrected chi connectivity index (χ4v) is 2.14. The van der Waals surface area contributed by atoms with E-state index in [2.05, 4.69) is 17.2 Å². The van der Waals surface area contributed by atoms with Crippen molar-refractivity contribution in [3.8, 4) is 0 Å². The highest BCUT2D eigenvalue weighted by atomic mass is 16.1. The average molecular weight is 166 g/mol. The molecule has 0 aromatic carbocycles. The highest BCUT2D eigenvalue weighted by Gasteiger charge is 2.52. The number of amides is 1. The molecule has 1 saturated heterocycles. The Morgan fingerprint density at radius 3 is 2.83 bits per heavy atom. The van der Waals surface area contributed by atoms with E-state index in [0.29, 0.717) is 0 Å². The molecule has 0 aromatic heterocycles. The number of rotatable bonds is 3. The van der Waals surface area contributed by atoms with E-state index in [1.54, 1.807) is 0 Å². The van der Waals surface area contributed by atoms with Gasteiger partial charge in [-0.3, -0.25) is 4.79 Å². The van der Waals surface area contributed by atoms with E-state index in [-0.39, 0.29) is 5.91 Å². The van der Waals surface area contributed by atoms with Gasteiger partial charge in [0.1, 0.15) is 0 Å². The van der Waals surface area contributed by atoms with Gasteiger partial charge in [-0.05, 0) is 36.9 Å². The van der Waals surface area contributed by atoms with Gasteiger partial charge in [0.15, 0.2) is 0 Å². The van der Waals surface area contributed by atoms with Gasteiger partial charge in [-0.15, -0.1) is 0 Å². The largest absolute Gasteiger partial charge is 0.352 e. The van der Waals surface area contributed by atoms with Crippen molar-refractivity contribution in [1.29, 1.82) is 0 Å². The summed E-state index contributed by atoms with van der Waals surface area (Å²) in [6.45, 7) is 6.52. The molecule has 2 N–H and O–H groups in total. The second kappa shape index (κ2) is 2.90. The van der Waals surface area contributed by atoms with Crippen molar-refractivity contribution in [2.45, 2.75) is 0 Å². The lowest BCUT2D eigenvalue weighted by atomic mass is 10.3. The molecule has 0 aromatic rings. The fourth-order valence-electron chi connectivity index (χ4n) is 2.14. The van der Waals surface area contributed by atoms with Crippen molar-refractivity contribution in [3.63, 3.8) is 0 Å². The summed E-state index contributed by atoms with van der Waals surface area (Å²) in [7, 11) is 0. The van der Waals surface area contributed by atoms with Crippen LogP contribution >= 0.6 is 0 Å². The van der Waals surface area contributed by atoms with Crippen LogP contribution in [0.5, 0.6) is 0 Å². The van der Waals surface area contributed by atoms with Crippen LogP contribution in [0.15, 0.2) is 12.7 Å². The first kappa shape index (κ1) is 7.80. The van der Waals surface area contributed by atoms with Gasteiger partial charge < -0.3 is 10.6 Å². The molecular formula is C9H14N2O. The third-order valence-corrected chi connectivity index (χ3v) is 2.97. The average Bonchev–Trinajstić information content (AvgIpc) is 2.55. The predicted octanol–water partition coefficient (Wildman–Crippen LogP) is -0.246. The Balaban J connectivity index is 1.70. The van der Waals surface area contributed by atoms with Crippen LogP contribution in [0.3, 0.4) is 0 Å². The van der Waals surface area contributed by atoms with Crippen molar-refractivity contribution < 1.29 is 4.79 Å². The summed E-state index contributed by atoms with van der Waals surface area (Å²) in [5, 5.41) is 6.16. The summed E-state index contributed by atoms with van der Waals surface area (Å²) < 4.78 is 0. The van der Waals surface area contributed by atoms with Gasteiger partial charge >= 0.3 is 0 Å². The maximum absolute atomic E-state index is 10.8. The lowest BCUT2D eigenvalue weighted by Crippen LogP contribution is -2.27. The highest BCUT2D eigenvalue weighted by molar-refractivity contribution is 5.86. The van der Waals surface area contributed by atoms with E-state index in [9.17, 15) is 4.79 Å². The molecule has 0 spiro atoms. The van der Waals surface area contributed by atoms with Crippen molar-refractivity contribution in [2.24, 2.45) is 17.8 Å². The van der Waals surface area contributed by atoms with Crippen molar-refractivity contribution in [3.05, 3.63) is 12.7 Å². The fraction of sp³-hybridized carbons (Fsp3) is 0.667. The lowest BCUT2D eigenvalue weighted by Gasteiger charge is -2.04. The minimum atomic E-state index is -0.0482. The van der Waals surface area contributed by atoms with Crippen LogP contribution < -0.4 is 10.6 Å². The van der Waals surface area contributed by atoms with E-state index in [4.69, 9.17) is 0 Å². The first-order chi connectivity index (χ1) is 5.83. The minimum Gasteiger partial charge on any atom is -0.352 e. The Hall–Kier alpha value is -0.830. The van der Waals surface area contributed by atoms with Crippen molar-refractivity contribution in [1.82, 2.24) is 10.6 Å². The molecule has 3 nitrogen and oxygen atoms in total. The molecule has 1 aliphatic heterocycles. The molecule has 2 rings (SSSR count). The molecule has 12 heavy (non-hydrogen) atoms. The van der Waals surface area contributed by atoms with Gasteiger partial charge in [-0.25, -0.2) is 0 Å². The number of piperidine rings is 1. The Morgan fingerprint density at radius 1 is 1.58 bits per heavy atom. The van der Waals surface area contributed by atoms with Crippen LogP contribution in [-0.2, 0) is 4.79 Å². The molecule has 1 aliphatic carbocycles. The molecule has 1 heterocycles. The van der Waals surface area contributed by atoms with E-state index < -0.39 is 0 Å². The Kier molecular flexibility index (Phi) is 1.89. The molecule has 0 bridgehead atoms. The number of carbonyl (C=O) groups is 1. The Bertz CT molecular complexity index is 205. The molecule has 1 saturated carbocycles. The van der Waals surface area contributed by atoms with Crippen LogP contribution in [0.2, 0.25) is 0 Å². The monoisotopic (exact) mass is 166 g/mol. The summed E-state index contributed by atoms with van der Waals surface area (Å²) in [5.74, 6) is 2.34. The zero-order valence-corrected chi connectivity index (χ0v) is 7.05. The number of fused-ring (bicyclic) bond motifs is 1. The number of nitrogens with one attached hydrogen (secondary N) is 2. The van der Waals surface area contributed by atoms with Crippen LogP contribution in [0.25, 0.3) is 0 Å². The van der Waals surface area contributed by atoms with Gasteiger partial charge in [0, 0.05) is 6.54 Å². The number of carbonyl (C=O) groups excluding carboxylic acids is 1. The number of hydrogen-bond acceptors (Lipinski definition) is 2. The Morgan fingerprint density at radius 2 is 2.25 bits per heavy atom. The molecule has 2 unspecified atom stereocenters. The SMILES string of the molecule is C=CC(=O)NCC1C2CNCC21. The summed E-state index contributed by atoms with van der Waals surface area (Å²) in [6.07, 6.45) is 1.33. The van der Waals surface area contributed by atoms with E-state index in [1.165, 1.54) is 6.08 Å². The van der Waals surface area contributed by atoms with Crippen molar-refractivity contribution >= 4 is 5.91 Å². The minimum absolute atomic E-state index is 0.0482. The summed E-state index contributed by atoms with van der Waals surface area (Å²) in [6, 6.07) is 0. The van der Waals surface area contributed by atoms with Gasteiger partial charge in [0.25, 0.3) is 0 Å². The van der Waals surface area contributed by atoms with Crippen LogP contribution in [0.1, 0.15) is 0 Å². The van der Waals surface area contributed by atoms with Crippen LogP contribution in [0, 0.1) is 17.8 Å². The van der Waals surface area contributed by atoms with Gasteiger partial charge in [-0.2, -0.15) is 0 Å². The molecule has 2 aliphatic rings. The molecule has 2 atom stereocenters. The lowest BCUT2D eigenvalue weighted by molar-refractivity contribution is -0.116. The summed E-state index contributed by atoms with van der Waals surface area (Å²) in [4.78, 5) is 10.8. The zero-order valence-electron chi connectivity index (χ0n) is 7.05. The molecule has 66 valence electrons. The molecule has 0 radical (unpaired) electrons. The summed E-state index contributed by atoms with van der Waals surface area (Å²) >= 11 is 0. The second-order valence-corrected chi connectivity index (χ2v) is 3.60. The smallest absolute Gasteiger partial charge is 0.243 e. The normalized spacial score (nSPS) is 37.2. The summed E-state index contributed by atoms with van der Waals surface area (Å²) in [5.41, 5.74) is 0. The van der Waals surface area contributed by atoms with E-state index in [0.717, 1.165) is 37.4 Å². The molecule has 1 amide bonds. The van der Waals surface area contributed by atoms with Gasteiger partial charge in [-0.1, -0.05) is 6.58 Å². The third kappa shape index (κ3) is 1.25. The van der Waals surface area contributed by atoms with Crippen LogP contribution in [0.4, 0.5) is 0 Å². The van der Waals surface area contributed by atoms with Gasteiger partial charge in [0.2, 0.25) is 5.91 Å². The van der Waals surface area contributed by atoms with Gasteiger partial charge in [0.05, 0.1) is 0 Å². The third-order valence-electron chi connectivity index (χ3n) is 2.97. The Labute approximate surface area is 72.2 Å². The standard InChI is InChI=1S/C9H14N2O/c1-2-9(12)11-5-8-6-3-10-4-7(6)8/h2,6-8,10H,1,3-5H2,(H,11,12). The van der Waals surface area contributed by atoms with Crippen molar-refractivity contribution in [2.75, 3.05) is 19.6 Å². The molecular weight excluding hydrogens is 152 g/mol. The first-order valence-corrected chi connectivity index (χ1v) is 4.44. The van der Waals surface area contributed by atoms with Crippen LogP contribution in [-0.4, -0.2) is 25.5 Å². The molecule has 3 heteroatoms. The maximum atomic E-state index is 10.8. The second-order valence-electron chi connectivity index (χ2n) is 3.60.